The highest BCUT2D eigenvalue weighted by atomic mass is 16.5. The van der Waals surface area contributed by atoms with Crippen LogP contribution in [0.25, 0.3) is 11.4 Å². The van der Waals surface area contributed by atoms with Gasteiger partial charge in [0.2, 0.25) is 17.6 Å². The number of carbonyl (C=O) groups is 1. The van der Waals surface area contributed by atoms with Crippen LogP contribution in [0.3, 0.4) is 0 Å². The molecule has 1 amide bonds. The lowest BCUT2D eigenvalue weighted by atomic mass is 9.96. The number of likely N-dealkylation sites (tertiary alicyclic amines) is 1. The number of rotatable bonds is 5. The second kappa shape index (κ2) is 8.34. The van der Waals surface area contributed by atoms with Gasteiger partial charge < -0.3 is 15.2 Å². The highest BCUT2D eigenvalue weighted by Crippen LogP contribution is 2.34. The normalized spacial score (nSPS) is 21.3. The Bertz CT molecular complexity index is 882. The standard InChI is InChI=1S/C22H32N6O2/c1-22(2,3)14-28-10-4-5-17(28)21-25-20(26-30-21)16-6-9-24-18(13-16)27-11-7-15(8-12-27)19(23)29/h6,9,13,15,17H,4-5,7-8,10-12,14H2,1-3H3,(H2,23,29). The number of nitrogens with two attached hydrogens (primary N) is 1. The van der Waals surface area contributed by atoms with Crippen molar-refractivity contribution < 1.29 is 9.32 Å². The number of anilines is 1. The molecule has 0 saturated carbocycles. The molecule has 2 aliphatic heterocycles. The quantitative estimate of drug-likeness (QED) is 0.805. The van der Waals surface area contributed by atoms with Crippen molar-refractivity contribution in [2.75, 3.05) is 31.1 Å². The van der Waals surface area contributed by atoms with E-state index in [2.05, 4.69) is 40.7 Å². The maximum atomic E-state index is 11.4. The molecule has 2 aromatic heterocycles. The van der Waals surface area contributed by atoms with E-state index >= 15 is 0 Å². The number of hydrogen-bond acceptors (Lipinski definition) is 7. The molecule has 8 nitrogen and oxygen atoms in total. The van der Waals surface area contributed by atoms with Crippen molar-refractivity contribution in [2.24, 2.45) is 17.1 Å². The zero-order chi connectivity index (χ0) is 21.3. The van der Waals surface area contributed by atoms with Gasteiger partial charge in [-0.05, 0) is 49.8 Å². The molecular formula is C22H32N6O2. The Kier molecular flexibility index (Phi) is 5.77. The van der Waals surface area contributed by atoms with Crippen LogP contribution in [-0.2, 0) is 4.79 Å². The molecule has 0 aliphatic carbocycles. The van der Waals surface area contributed by atoms with Gasteiger partial charge in [0.1, 0.15) is 5.82 Å². The lowest BCUT2D eigenvalue weighted by Crippen LogP contribution is -2.38. The summed E-state index contributed by atoms with van der Waals surface area (Å²) in [7, 11) is 0. The van der Waals surface area contributed by atoms with E-state index in [9.17, 15) is 4.79 Å². The van der Waals surface area contributed by atoms with E-state index in [4.69, 9.17) is 15.2 Å². The zero-order valence-electron chi connectivity index (χ0n) is 18.2. The van der Waals surface area contributed by atoms with E-state index < -0.39 is 0 Å². The first-order chi connectivity index (χ1) is 14.3. The second-order valence-corrected chi connectivity index (χ2v) is 9.71. The second-order valence-electron chi connectivity index (χ2n) is 9.71. The van der Waals surface area contributed by atoms with Gasteiger partial charge in [0.05, 0.1) is 6.04 Å². The lowest BCUT2D eigenvalue weighted by molar-refractivity contribution is -0.122. The summed E-state index contributed by atoms with van der Waals surface area (Å²) in [5.74, 6) is 1.93. The first-order valence-corrected chi connectivity index (χ1v) is 10.9. The highest BCUT2D eigenvalue weighted by Gasteiger charge is 2.33. The number of piperidine rings is 1. The number of amides is 1. The molecule has 162 valence electrons. The van der Waals surface area contributed by atoms with Gasteiger partial charge in [0.25, 0.3) is 0 Å². The minimum absolute atomic E-state index is 0.0355. The first-order valence-electron chi connectivity index (χ1n) is 10.9. The molecule has 0 radical (unpaired) electrons. The third-order valence-corrected chi connectivity index (χ3v) is 5.99. The molecule has 1 unspecified atom stereocenters. The van der Waals surface area contributed by atoms with E-state index in [1.807, 2.05) is 12.1 Å². The summed E-state index contributed by atoms with van der Waals surface area (Å²) in [5, 5.41) is 4.26. The number of aromatic nitrogens is 3. The Hall–Kier alpha value is -2.48. The maximum Gasteiger partial charge on any atom is 0.244 e. The van der Waals surface area contributed by atoms with Crippen LogP contribution >= 0.6 is 0 Å². The predicted molar refractivity (Wildman–Crippen MR) is 115 cm³/mol. The summed E-state index contributed by atoms with van der Waals surface area (Å²) in [4.78, 5) is 25.3. The van der Waals surface area contributed by atoms with Crippen LogP contribution in [0.5, 0.6) is 0 Å². The number of carbonyl (C=O) groups excluding carboxylic acids is 1. The molecule has 0 spiro atoms. The molecule has 1 atom stereocenters. The van der Waals surface area contributed by atoms with Crippen molar-refractivity contribution >= 4 is 11.7 Å². The first kappa shape index (κ1) is 20.8. The van der Waals surface area contributed by atoms with Crippen molar-refractivity contribution in [3.63, 3.8) is 0 Å². The van der Waals surface area contributed by atoms with Crippen LogP contribution in [0.15, 0.2) is 22.9 Å². The molecule has 2 N–H and O–H groups in total. The van der Waals surface area contributed by atoms with Gasteiger partial charge in [-0.2, -0.15) is 4.98 Å². The molecule has 0 bridgehead atoms. The molecule has 2 aromatic rings. The fraction of sp³-hybridized carbons (Fsp3) is 0.636. The monoisotopic (exact) mass is 412 g/mol. The van der Waals surface area contributed by atoms with Crippen molar-refractivity contribution in [1.82, 2.24) is 20.0 Å². The van der Waals surface area contributed by atoms with E-state index in [-0.39, 0.29) is 23.3 Å². The van der Waals surface area contributed by atoms with Crippen LogP contribution in [0, 0.1) is 11.3 Å². The highest BCUT2D eigenvalue weighted by molar-refractivity contribution is 5.77. The van der Waals surface area contributed by atoms with Crippen LogP contribution < -0.4 is 10.6 Å². The van der Waals surface area contributed by atoms with Gasteiger partial charge in [-0.25, -0.2) is 4.98 Å². The van der Waals surface area contributed by atoms with Gasteiger partial charge >= 0.3 is 0 Å². The topological polar surface area (TPSA) is 101 Å². The minimum atomic E-state index is -0.205. The van der Waals surface area contributed by atoms with Gasteiger partial charge in [-0.15, -0.1) is 0 Å². The SMILES string of the molecule is CC(C)(C)CN1CCCC1c1nc(-c2ccnc(N3CCC(C(N)=O)CC3)c2)no1. The third kappa shape index (κ3) is 4.64. The largest absolute Gasteiger partial charge is 0.369 e. The molecule has 4 rings (SSSR count). The number of nitrogens with zero attached hydrogens (tertiary/aromatic N) is 5. The summed E-state index contributed by atoms with van der Waals surface area (Å²) < 4.78 is 5.69. The Morgan fingerprint density at radius 3 is 2.70 bits per heavy atom. The van der Waals surface area contributed by atoms with Crippen molar-refractivity contribution in [2.45, 2.75) is 52.5 Å². The van der Waals surface area contributed by atoms with Crippen LogP contribution in [0.4, 0.5) is 5.82 Å². The van der Waals surface area contributed by atoms with E-state index in [1.165, 1.54) is 0 Å². The molecular weight excluding hydrogens is 380 g/mol. The van der Waals surface area contributed by atoms with Gasteiger partial charge in [-0.3, -0.25) is 9.69 Å². The Balaban J connectivity index is 1.48. The van der Waals surface area contributed by atoms with Crippen LogP contribution in [-0.4, -0.2) is 52.1 Å². The molecule has 0 aromatic carbocycles. The van der Waals surface area contributed by atoms with E-state index in [1.54, 1.807) is 6.20 Å². The fourth-order valence-electron chi connectivity index (χ4n) is 4.52. The van der Waals surface area contributed by atoms with Crippen LogP contribution in [0.2, 0.25) is 0 Å². The predicted octanol–water partition coefficient (Wildman–Crippen LogP) is 3.02. The zero-order valence-corrected chi connectivity index (χ0v) is 18.2. The van der Waals surface area contributed by atoms with E-state index in [0.29, 0.717) is 11.7 Å². The number of pyridine rings is 1. The molecule has 2 aliphatic rings. The molecule has 30 heavy (non-hydrogen) atoms. The summed E-state index contributed by atoms with van der Waals surface area (Å²) >= 11 is 0. The van der Waals surface area contributed by atoms with Crippen molar-refractivity contribution in [1.29, 1.82) is 0 Å². The van der Waals surface area contributed by atoms with Crippen molar-refractivity contribution in [3.8, 4) is 11.4 Å². The molecule has 4 heterocycles. The summed E-state index contributed by atoms with van der Waals surface area (Å²) in [6.45, 7) is 10.4. The fourth-order valence-corrected chi connectivity index (χ4v) is 4.52. The number of primary amides is 1. The molecule has 8 heteroatoms. The van der Waals surface area contributed by atoms with Gasteiger partial charge in [0, 0.05) is 37.3 Å². The van der Waals surface area contributed by atoms with Gasteiger partial charge in [-0.1, -0.05) is 25.9 Å². The van der Waals surface area contributed by atoms with Crippen molar-refractivity contribution in [3.05, 3.63) is 24.2 Å². The maximum absolute atomic E-state index is 11.4. The average molecular weight is 413 g/mol. The average Bonchev–Trinajstić information content (AvgIpc) is 3.36. The summed E-state index contributed by atoms with van der Waals surface area (Å²) in [6, 6.07) is 4.11. The van der Waals surface area contributed by atoms with E-state index in [0.717, 1.165) is 63.2 Å². The molecule has 2 saturated heterocycles. The Labute approximate surface area is 177 Å². The lowest BCUT2D eigenvalue weighted by Gasteiger charge is -2.31. The van der Waals surface area contributed by atoms with Gasteiger partial charge in [0.15, 0.2) is 0 Å². The number of hydrogen-bond donors (Lipinski definition) is 1. The smallest absolute Gasteiger partial charge is 0.244 e. The Morgan fingerprint density at radius 2 is 2.00 bits per heavy atom. The summed E-state index contributed by atoms with van der Waals surface area (Å²) in [5.41, 5.74) is 6.57. The Morgan fingerprint density at radius 1 is 1.23 bits per heavy atom. The van der Waals surface area contributed by atoms with Crippen LogP contribution in [0.1, 0.15) is 58.4 Å². The minimum Gasteiger partial charge on any atom is -0.369 e. The third-order valence-electron chi connectivity index (χ3n) is 5.99. The summed E-state index contributed by atoms with van der Waals surface area (Å²) in [6.07, 6.45) is 5.51. The molecule has 2 fully saturated rings.